The van der Waals surface area contributed by atoms with E-state index in [9.17, 15) is 10.2 Å². The lowest BCUT2D eigenvalue weighted by Gasteiger charge is -2.26. The van der Waals surface area contributed by atoms with Gasteiger partial charge in [-0.25, -0.2) is 0 Å². The Morgan fingerprint density at radius 3 is 2.38 bits per heavy atom. The van der Waals surface area contributed by atoms with E-state index in [4.69, 9.17) is 4.74 Å². The van der Waals surface area contributed by atoms with Crippen LogP contribution in [0.25, 0.3) is 0 Å². The van der Waals surface area contributed by atoms with E-state index in [1.807, 2.05) is 6.92 Å². The summed E-state index contributed by atoms with van der Waals surface area (Å²) in [4.78, 5) is 0. The molecule has 0 amide bonds. The van der Waals surface area contributed by atoms with Crippen molar-refractivity contribution in [2.45, 2.75) is 70.4 Å². The van der Waals surface area contributed by atoms with Gasteiger partial charge in [0.2, 0.25) is 0 Å². The second-order valence-electron chi connectivity index (χ2n) is 5.37. The Hall–Kier alpha value is -0.120. The number of ether oxygens (including phenoxy) is 1. The predicted molar refractivity (Wildman–Crippen MR) is 61.9 cm³/mol. The van der Waals surface area contributed by atoms with Crippen LogP contribution in [0, 0.1) is 11.8 Å². The summed E-state index contributed by atoms with van der Waals surface area (Å²) in [6, 6.07) is 0. The highest BCUT2D eigenvalue weighted by molar-refractivity contribution is 4.87. The molecule has 2 N–H and O–H groups in total. The van der Waals surface area contributed by atoms with Crippen molar-refractivity contribution in [1.82, 2.24) is 0 Å². The molecule has 0 radical (unpaired) electrons. The SMILES string of the molecule is CCC1OC(O)C(CC2CCCCC2)C1O. The van der Waals surface area contributed by atoms with Crippen molar-refractivity contribution in [2.75, 3.05) is 0 Å². The van der Waals surface area contributed by atoms with E-state index >= 15 is 0 Å². The molecule has 1 aliphatic heterocycles. The number of hydrogen-bond donors (Lipinski definition) is 2. The summed E-state index contributed by atoms with van der Waals surface area (Å²) in [5.74, 6) is 0.621. The van der Waals surface area contributed by atoms with Crippen molar-refractivity contribution in [1.29, 1.82) is 0 Å². The summed E-state index contributed by atoms with van der Waals surface area (Å²) in [5, 5.41) is 19.9. The normalized spacial score (nSPS) is 41.4. The van der Waals surface area contributed by atoms with Crippen molar-refractivity contribution >= 4 is 0 Å². The zero-order valence-electron chi connectivity index (χ0n) is 10.1. The van der Waals surface area contributed by atoms with Gasteiger partial charge in [0.25, 0.3) is 0 Å². The molecular formula is C13H24O3. The van der Waals surface area contributed by atoms with E-state index in [1.54, 1.807) is 0 Å². The molecule has 3 nitrogen and oxygen atoms in total. The molecule has 1 saturated heterocycles. The zero-order chi connectivity index (χ0) is 11.5. The van der Waals surface area contributed by atoms with Gasteiger partial charge in [-0.1, -0.05) is 39.0 Å². The van der Waals surface area contributed by atoms with Gasteiger partial charge >= 0.3 is 0 Å². The fourth-order valence-corrected chi connectivity index (χ4v) is 3.21. The third-order valence-corrected chi connectivity index (χ3v) is 4.23. The maximum Gasteiger partial charge on any atom is 0.160 e. The second kappa shape index (κ2) is 5.48. The molecule has 4 unspecified atom stereocenters. The molecule has 0 aromatic heterocycles. The van der Waals surface area contributed by atoms with E-state index < -0.39 is 12.4 Å². The molecule has 0 aromatic carbocycles. The van der Waals surface area contributed by atoms with Gasteiger partial charge in [-0.15, -0.1) is 0 Å². The summed E-state index contributed by atoms with van der Waals surface area (Å²) >= 11 is 0. The summed E-state index contributed by atoms with van der Waals surface area (Å²) in [5.41, 5.74) is 0. The lowest BCUT2D eigenvalue weighted by molar-refractivity contribution is -0.111. The van der Waals surface area contributed by atoms with Crippen LogP contribution in [0.15, 0.2) is 0 Å². The van der Waals surface area contributed by atoms with Crippen molar-refractivity contribution in [3.63, 3.8) is 0 Å². The van der Waals surface area contributed by atoms with Crippen LogP contribution in [0.1, 0.15) is 51.9 Å². The quantitative estimate of drug-likeness (QED) is 0.777. The van der Waals surface area contributed by atoms with Crippen LogP contribution in [0.2, 0.25) is 0 Å². The third-order valence-electron chi connectivity index (χ3n) is 4.23. The van der Waals surface area contributed by atoms with Crippen molar-refractivity contribution < 1.29 is 14.9 Å². The first-order valence-electron chi connectivity index (χ1n) is 6.74. The van der Waals surface area contributed by atoms with E-state index in [-0.39, 0.29) is 12.0 Å². The molecule has 3 heteroatoms. The maximum atomic E-state index is 10.1. The van der Waals surface area contributed by atoms with Gasteiger partial charge in [-0.05, 0) is 18.8 Å². The van der Waals surface area contributed by atoms with Crippen molar-refractivity contribution in [2.24, 2.45) is 11.8 Å². The molecule has 2 aliphatic rings. The topological polar surface area (TPSA) is 49.7 Å². The molecule has 94 valence electrons. The van der Waals surface area contributed by atoms with Gasteiger partial charge in [0.15, 0.2) is 6.29 Å². The Bertz CT molecular complexity index is 213. The molecule has 2 fully saturated rings. The van der Waals surface area contributed by atoms with Crippen LogP contribution in [0.4, 0.5) is 0 Å². The molecule has 4 atom stereocenters. The fourth-order valence-electron chi connectivity index (χ4n) is 3.21. The number of hydrogen-bond acceptors (Lipinski definition) is 3. The lowest BCUT2D eigenvalue weighted by Crippen LogP contribution is -2.29. The molecule has 0 spiro atoms. The van der Waals surface area contributed by atoms with E-state index in [0.29, 0.717) is 5.92 Å². The molecule has 16 heavy (non-hydrogen) atoms. The Balaban J connectivity index is 1.88. The highest BCUT2D eigenvalue weighted by Gasteiger charge is 2.42. The van der Waals surface area contributed by atoms with Gasteiger partial charge < -0.3 is 14.9 Å². The van der Waals surface area contributed by atoms with Gasteiger partial charge in [0.1, 0.15) is 0 Å². The molecule has 1 aliphatic carbocycles. The largest absolute Gasteiger partial charge is 0.390 e. The van der Waals surface area contributed by atoms with Gasteiger partial charge in [-0.3, -0.25) is 0 Å². The summed E-state index contributed by atoms with van der Waals surface area (Å²) in [6.07, 6.45) is 6.80. The molecule has 1 saturated carbocycles. The van der Waals surface area contributed by atoms with Crippen LogP contribution in [0.3, 0.4) is 0 Å². The average Bonchev–Trinajstić information content (AvgIpc) is 2.58. The molecule has 2 rings (SSSR count). The first-order valence-corrected chi connectivity index (χ1v) is 6.74. The molecule has 0 bridgehead atoms. The first kappa shape index (κ1) is 12.3. The molecule has 0 aromatic rings. The number of rotatable bonds is 3. The maximum absolute atomic E-state index is 10.1. The minimum atomic E-state index is -0.748. The Labute approximate surface area is 97.8 Å². The summed E-state index contributed by atoms with van der Waals surface area (Å²) in [7, 11) is 0. The zero-order valence-corrected chi connectivity index (χ0v) is 10.1. The summed E-state index contributed by atoms with van der Waals surface area (Å²) < 4.78 is 5.38. The highest BCUT2D eigenvalue weighted by Crippen LogP contribution is 2.36. The fraction of sp³-hybridized carbons (Fsp3) is 1.00. The van der Waals surface area contributed by atoms with Gasteiger partial charge in [0.05, 0.1) is 12.2 Å². The summed E-state index contributed by atoms with van der Waals surface area (Å²) in [6.45, 7) is 1.99. The van der Waals surface area contributed by atoms with Crippen LogP contribution in [-0.2, 0) is 4.74 Å². The lowest BCUT2D eigenvalue weighted by atomic mass is 9.81. The average molecular weight is 228 g/mol. The van der Waals surface area contributed by atoms with Crippen LogP contribution in [0.5, 0.6) is 0 Å². The standard InChI is InChI=1S/C13H24O3/c1-2-11-12(14)10(13(15)16-11)8-9-6-4-3-5-7-9/h9-15H,2-8H2,1H3. The van der Waals surface area contributed by atoms with E-state index in [0.717, 1.165) is 12.8 Å². The van der Waals surface area contributed by atoms with Crippen molar-refractivity contribution in [3.8, 4) is 0 Å². The smallest absolute Gasteiger partial charge is 0.160 e. The monoisotopic (exact) mass is 228 g/mol. The Morgan fingerprint density at radius 1 is 1.12 bits per heavy atom. The van der Waals surface area contributed by atoms with E-state index in [1.165, 1.54) is 32.1 Å². The second-order valence-corrected chi connectivity index (χ2v) is 5.37. The van der Waals surface area contributed by atoms with Crippen LogP contribution < -0.4 is 0 Å². The highest BCUT2D eigenvalue weighted by atomic mass is 16.6. The number of aliphatic hydroxyl groups is 2. The van der Waals surface area contributed by atoms with E-state index in [2.05, 4.69) is 0 Å². The predicted octanol–water partition coefficient (Wildman–Crippen LogP) is 2.06. The molecular weight excluding hydrogens is 204 g/mol. The third kappa shape index (κ3) is 2.58. The first-order chi connectivity index (χ1) is 7.72. The Kier molecular flexibility index (Phi) is 4.22. The molecule has 1 heterocycles. The van der Waals surface area contributed by atoms with Crippen LogP contribution >= 0.6 is 0 Å². The van der Waals surface area contributed by atoms with Crippen molar-refractivity contribution in [3.05, 3.63) is 0 Å². The van der Waals surface area contributed by atoms with Gasteiger partial charge in [-0.2, -0.15) is 0 Å². The Morgan fingerprint density at radius 2 is 1.81 bits per heavy atom. The minimum Gasteiger partial charge on any atom is -0.390 e. The van der Waals surface area contributed by atoms with Gasteiger partial charge in [0, 0.05) is 5.92 Å². The van der Waals surface area contributed by atoms with Crippen LogP contribution in [-0.4, -0.2) is 28.7 Å². The minimum absolute atomic E-state index is 0.0620. The number of aliphatic hydroxyl groups excluding tert-OH is 2.